The van der Waals surface area contributed by atoms with E-state index < -0.39 is 17.8 Å². The molecule has 8 heteroatoms. The first-order valence-electron chi connectivity index (χ1n) is 12.4. The number of anilines is 1. The number of imide groups is 2. The van der Waals surface area contributed by atoms with E-state index in [0.717, 1.165) is 33.1 Å². The van der Waals surface area contributed by atoms with Crippen molar-refractivity contribution in [2.75, 3.05) is 4.90 Å². The van der Waals surface area contributed by atoms with Crippen molar-refractivity contribution in [1.29, 1.82) is 0 Å². The number of amides is 4. The summed E-state index contributed by atoms with van der Waals surface area (Å²) in [6.07, 6.45) is 1.53. The lowest BCUT2D eigenvalue weighted by Gasteiger charge is -2.26. The van der Waals surface area contributed by atoms with Crippen LogP contribution in [0.1, 0.15) is 28.1 Å². The first-order valence-corrected chi connectivity index (χ1v) is 12.7. The quantitative estimate of drug-likeness (QED) is 0.230. The number of halogens is 1. The second-order valence-electron chi connectivity index (χ2n) is 9.33. The molecule has 1 aliphatic heterocycles. The number of hydrogen-bond acceptors (Lipinski definition) is 4. The fourth-order valence-corrected chi connectivity index (χ4v) is 4.73. The van der Waals surface area contributed by atoms with Crippen LogP contribution in [-0.4, -0.2) is 22.4 Å². The van der Waals surface area contributed by atoms with Gasteiger partial charge in [0.25, 0.3) is 11.8 Å². The molecule has 0 radical (unpaired) electrons. The molecule has 4 aromatic rings. The van der Waals surface area contributed by atoms with Gasteiger partial charge in [-0.25, -0.2) is 9.69 Å². The molecule has 7 nitrogen and oxygen atoms in total. The Hall–Kier alpha value is -4.62. The van der Waals surface area contributed by atoms with Crippen molar-refractivity contribution in [1.82, 2.24) is 9.88 Å². The summed E-state index contributed by atoms with van der Waals surface area (Å²) in [7, 11) is 0. The maximum atomic E-state index is 13.3. The first-order chi connectivity index (χ1) is 18.7. The molecule has 4 amide bonds. The van der Waals surface area contributed by atoms with Gasteiger partial charge in [0.05, 0.1) is 5.69 Å². The normalized spacial score (nSPS) is 14.6. The molecule has 2 heterocycles. The topological polar surface area (TPSA) is 80.6 Å². The Labute approximate surface area is 231 Å². The number of carbonyl (C=O) groups excluding carboxylic acids is 3. The fraction of sp³-hybridized carbons (Fsp3) is 0.129. The van der Waals surface area contributed by atoms with E-state index in [2.05, 4.69) is 5.32 Å². The molecule has 1 fully saturated rings. The smallest absolute Gasteiger partial charge is 0.335 e. The predicted molar refractivity (Wildman–Crippen MR) is 151 cm³/mol. The summed E-state index contributed by atoms with van der Waals surface area (Å²) >= 11 is 6.22. The number of urea groups is 1. The maximum Gasteiger partial charge on any atom is 0.335 e. The van der Waals surface area contributed by atoms with Gasteiger partial charge in [-0.05, 0) is 80.9 Å². The average Bonchev–Trinajstić information content (AvgIpc) is 3.19. The SMILES string of the molecule is Cc1ccc(N2C(=O)NC(=O)/C(=C\c3cc(C)n(-c4ccc(OCc5ccccc5Cl)cc4)c3C)C2=O)cc1. The van der Waals surface area contributed by atoms with Crippen LogP contribution in [0.2, 0.25) is 5.02 Å². The number of ether oxygens (including phenoxy) is 1. The number of aryl methyl sites for hydroxylation is 2. The predicted octanol–water partition coefficient (Wildman–Crippen LogP) is 6.30. The molecular formula is C31H26ClN3O4. The monoisotopic (exact) mass is 539 g/mol. The van der Waals surface area contributed by atoms with Crippen LogP contribution in [-0.2, 0) is 16.2 Å². The van der Waals surface area contributed by atoms with Gasteiger partial charge >= 0.3 is 6.03 Å². The minimum atomic E-state index is -0.770. The molecule has 3 aromatic carbocycles. The Kier molecular flexibility index (Phi) is 7.09. The molecule has 0 spiro atoms. The van der Waals surface area contributed by atoms with Crippen molar-refractivity contribution < 1.29 is 19.1 Å². The highest BCUT2D eigenvalue weighted by Crippen LogP contribution is 2.27. The largest absolute Gasteiger partial charge is 0.489 e. The number of nitrogens with one attached hydrogen (secondary N) is 1. The van der Waals surface area contributed by atoms with Crippen molar-refractivity contribution in [3.8, 4) is 11.4 Å². The van der Waals surface area contributed by atoms with Crippen LogP contribution in [0.25, 0.3) is 11.8 Å². The standard InChI is InChI=1S/C31H26ClN3O4/c1-19-8-10-25(11-9-19)35-30(37)27(29(36)33-31(35)38)17-23-16-20(2)34(21(23)3)24-12-14-26(15-13-24)39-18-22-6-4-5-7-28(22)32/h4-17H,18H2,1-3H3,(H,33,36,38)/b27-17+. The molecule has 1 aliphatic rings. The van der Waals surface area contributed by atoms with Gasteiger partial charge < -0.3 is 9.30 Å². The minimum Gasteiger partial charge on any atom is -0.489 e. The molecule has 0 atom stereocenters. The third kappa shape index (κ3) is 5.22. The molecule has 1 aromatic heterocycles. The van der Waals surface area contributed by atoms with E-state index in [1.807, 2.05) is 79.9 Å². The first kappa shape index (κ1) is 26.0. The summed E-state index contributed by atoms with van der Waals surface area (Å²) in [5.41, 5.74) is 5.52. The Morgan fingerprint density at radius 2 is 1.54 bits per heavy atom. The Balaban J connectivity index is 1.40. The second-order valence-corrected chi connectivity index (χ2v) is 9.74. The highest BCUT2D eigenvalue weighted by Gasteiger charge is 2.37. The summed E-state index contributed by atoms with van der Waals surface area (Å²) < 4.78 is 7.92. The molecule has 196 valence electrons. The lowest BCUT2D eigenvalue weighted by molar-refractivity contribution is -0.122. The third-order valence-corrected chi connectivity index (χ3v) is 6.98. The molecular weight excluding hydrogens is 514 g/mol. The Bertz CT molecular complexity index is 1620. The van der Waals surface area contributed by atoms with Crippen molar-refractivity contribution >= 4 is 41.2 Å². The highest BCUT2D eigenvalue weighted by molar-refractivity contribution is 6.39. The maximum absolute atomic E-state index is 13.3. The number of benzene rings is 3. The van der Waals surface area contributed by atoms with Gasteiger partial charge in [-0.15, -0.1) is 0 Å². The van der Waals surface area contributed by atoms with E-state index >= 15 is 0 Å². The summed E-state index contributed by atoms with van der Waals surface area (Å²) in [6, 6.07) is 23.3. The molecule has 1 N–H and O–H groups in total. The van der Waals surface area contributed by atoms with Gasteiger partial charge in [0, 0.05) is 27.7 Å². The summed E-state index contributed by atoms with van der Waals surface area (Å²) in [4.78, 5) is 39.4. The van der Waals surface area contributed by atoms with Gasteiger partial charge in [-0.3, -0.25) is 14.9 Å². The van der Waals surface area contributed by atoms with E-state index in [4.69, 9.17) is 16.3 Å². The van der Waals surface area contributed by atoms with Gasteiger partial charge in [0.2, 0.25) is 0 Å². The minimum absolute atomic E-state index is 0.112. The Morgan fingerprint density at radius 3 is 2.23 bits per heavy atom. The van der Waals surface area contributed by atoms with E-state index in [0.29, 0.717) is 28.6 Å². The van der Waals surface area contributed by atoms with Crippen LogP contribution < -0.4 is 15.0 Å². The number of nitrogens with zero attached hydrogens (tertiary/aromatic N) is 2. The number of carbonyl (C=O) groups is 3. The van der Waals surface area contributed by atoms with Gasteiger partial charge in [0.1, 0.15) is 17.9 Å². The lowest BCUT2D eigenvalue weighted by Crippen LogP contribution is -2.54. The Morgan fingerprint density at radius 1 is 0.872 bits per heavy atom. The molecule has 1 saturated heterocycles. The fourth-order valence-electron chi connectivity index (χ4n) is 4.54. The van der Waals surface area contributed by atoms with Crippen molar-refractivity contribution in [3.63, 3.8) is 0 Å². The van der Waals surface area contributed by atoms with Gasteiger partial charge in [-0.1, -0.05) is 47.5 Å². The van der Waals surface area contributed by atoms with E-state index in [9.17, 15) is 14.4 Å². The van der Waals surface area contributed by atoms with Crippen LogP contribution in [0.4, 0.5) is 10.5 Å². The lowest BCUT2D eigenvalue weighted by atomic mass is 10.1. The van der Waals surface area contributed by atoms with Crippen LogP contribution in [0.3, 0.4) is 0 Å². The van der Waals surface area contributed by atoms with E-state index in [1.165, 1.54) is 6.08 Å². The summed E-state index contributed by atoms with van der Waals surface area (Å²) in [5, 5.41) is 2.94. The molecule has 0 bridgehead atoms. The van der Waals surface area contributed by atoms with E-state index in [1.54, 1.807) is 24.3 Å². The molecule has 0 saturated carbocycles. The second kappa shape index (κ2) is 10.6. The molecule has 39 heavy (non-hydrogen) atoms. The highest BCUT2D eigenvalue weighted by atomic mass is 35.5. The van der Waals surface area contributed by atoms with Gasteiger partial charge in [-0.2, -0.15) is 0 Å². The van der Waals surface area contributed by atoms with E-state index in [-0.39, 0.29) is 5.57 Å². The summed E-state index contributed by atoms with van der Waals surface area (Å²) in [5.74, 6) is -0.690. The van der Waals surface area contributed by atoms with Crippen molar-refractivity contribution in [2.24, 2.45) is 0 Å². The molecule has 0 unspecified atom stereocenters. The zero-order chi connectivity index (χ0) is 27.7. The third-order valence-electron chi connectivity index (χ3n) is 6.61. The number of rotatable bonds is 6. The summed E-state index contributed by atoms with van der Waals surface area (Å²) in [6.45, 7) is 6.13. The van der Waals surface area contributed by atoms with Crippen molar-refractivity contribution in [2.45, 2.75) is 27.4 Å². The van der Waals surface area contributed by atoms with Crippen LogP contribution in [0.15, 0.2) is 84.4 Å². The number of aromatic nitrogens is 1. The van der Waals surface area contributed by atoms with Crippen molar-refractivity contribution in [3.05, 3.63) is 118 Å². The zero-order valence-electron chi connectivity index (χ0n) is 21.7. The van der Waals surface area contributed by atoms with Crippen LogP contribution >= 0.6 is 11.6 Å². The average molecular weight is 540 g/mol. The molecule has 0 aliphatic carbocycles. The zero-order valence-corrected chi connectivity index (χ0v) is 22.5. The number of hydrogen-bond donors (Lipinski definition) is 1. The number of barbiturate groups is 1. The molecule has 5 rings (SSSR count). The van der Waals surface area contributed by atoms with Gasteiger partial charge in [0.15, 0.2) is 0 Å². The van der Waals surface area contributed by atoms with Crippen LogP contribution in [0.5, 0.6) is 5.75 Å². The van der Waals surface area contributed by atoms with Crippen LogP contribution in [0, 0.1) is 20.8 Å².